The van der Waals surface area contributed by atoms with Crippen LogP contribution in [-0.2, 0) is 4.79 Å². The molecule has 1 aliphatic heterocycles. The Morgan fingerprint density at radius 3 is 3.08 bits per heavy atom. The molecule has 0 unspecified atom stereocenters. The Morgan fingerprint density at radius 2 is 2.46 bits per heavy atom. The van der Waals surface area contributed by atoms with Gasteiger partial charge in [0.25, 0.3) is 0 Å². The van der Waals surface area contributed by atoms with Crippen molar-refractivity contribution in [3.05, 3.63) is 24.8 Å². The van der Waals surface area contributed by atoms with Crippen LogP contribution in [0.4, 0.5) is 0 Å². The van der Waals surface area contributed by atoms with Crippen molar-refractivity contribution >= 4 is 5.91 Å². The Labute approximate surface area is 79.9 Å². The van der Waals surface area contributed by atoms with E-state index in [9.17, 15) is 4.79 Å². The van der Waals surface area contributed by atoms with Crippen molar-refractivity contribution in [1.29, 1.82) is 0 Å². The molecule has 0 aromatic rings. The van der Waals surface area contributed by atoms with Crippen molar-refractivity contribution < 1.29 is 4.79 Å². The molecule has 1 heterocycles. The molecule has 1 saturated heterocycles. The minimum absolute atomic E-state index is 0.223. The zero-order valence-electron chi connectivity index (χ0n) is 8.20. The summed E-state index contributed by atoms with van der Waals surface area (Å²) >= 11 is 0. The van der Waals surface area contributed by atoms with Crippen molar-refractivity contribution in [3.63, 3.8) is 0 Å². The van der Waals surface area contributed by atoms with Gasteiger partial charge >= 0.3 is 0 Å². The number of hydrogen-bond acceptors (Lipinski definition) is 1. The van der Waals surface area contributed by atoms with Gasteiger partial charge in [0.1, 0.15) is 0 Å². The van der Waals surface area contributed by atoms with E-state index in [0.717, 1.165) is 19.4 Å². The number of rotatable bonds is 3. The van der Waals surface area contributed by atoms with Gasteiger partial charge < -0.3 is 4.90 Å². The molecule has 1 aliphatic rings. The van der Waals surface area contributed by atoms with Gasteiger partial charge in [-0.3, -0.25) is 4.79 Å². The van der Waals surface area contributed by atoms with E-state index in [4.69, 9.17) is 0 Å². The summed E-state index contributed by atoms with van der Waals surface area (Å²) in [5.74, 6) is 0.223. The van der Waals surface area contributed by atoms with Crippen LogP contribution in [0.3, 0.4) is 0 Å². The Bertz CT molecular complexity index is 220. The normalized spacial score (nSPS) is 22.5. The zero-order valence-corrected chi connectivity index (χ0v) is 8.20. The van der Waals surface area contributed by atoms with Crippen LogP contribution in [0, 0.1) is 0 Å². The van der Waals surface area contributed by atoms with Crippen LogP contribution in [0.25, 0.3) is 0 Å². The van der Waals surface area contributed by atoms with Crippen molar-refractivity contribution in [3.8, 4) is 0 Å². The van der Waals surface area contributed by atoms with Gasteiger partial charge in [-0.05, 0) is 19.8 Å². The Morgan fingerprint density at radius 1 is 1.69 bits per heavy atom. The van der Waals surface area contributed by atoms with E-state index >= 15 is 0 Å². The molecule has 0 aromatic carbocycles. The quantitative estimate of drug-likeness (QED) is 0.608. The summed E-state index contributed by atoms with van der Waals surface area (Å²) in [4.78, 5) is 13.5. The van der Waals surface area contributed by atoms with Crippen LogP contribution in [-0.4, -0.2) is 23.4 Å². The van der Waals surface area contributed by atoms with Gasteiger partial charge in [-0.15, -0.1) is 6.58 Å². The van der Waals surface area contributed by atoms with E-state index in [2.05, 4.69) is 6.58 Å². The molecule has 0 aromatic heterocycles. The first-order valence-corrected chi connectivity index (χ1v) is 4.82. The molecular formula is C11H17NO. The first-order valence-electron chi connectivity index (χ1n) is 4.82. The van der Waals surface area contributed by atoms with Gasteiger partial charge in [-0.25, -0.2) is 0 Å². The van der Waals surface area contributed by atoms with Crippen LogP contribution in [0.2, 0.25) is 0 Å². The second kappa shape index (κ2) is 4.85. The predicted molar refractivity (Wildman–Crippen MR) is 54.4 cm³/mol. The molecule has 1 rings (SSSR count). The largest absolute Gasteiger partial charge is 0.336 e. The number of allylic oxidation sites excluding steroid dienone is 1. The fraction of sp³-hybridized carbons (Fsp3) is 0.545. The van der Waals surface area contributed by atoms with Gasteiger partial charge in [-0.2, -0.15) is 0 Å². The van der Waals surface area contributed by atoms with E-state index in [1.54, 1.807) is 0 Å². The molecule has 1 fully saturated rings. The van der Waals surface area contributed by atoms with Crippen molar-refractivity contribution in [1.82, 2.24) is 4.90 Å². The molecule has 2 heteroatoms. The maximum absolute atomic E-state index is 11.6. The smallest absolute Gasteiger partial charge is 0.226 e. The summed E-state index contributed by atoms with van der Waals surface area (Å²) in [6, 6.07) is 0.276. The van der Waals surface area contributed by atoms with Gasteiger partial charge in [0, 0.05) is 19.0 Å². The van der Waals surface area contributed by atoms with Gasteiger partial charge in [0.05, 0.1) is 0 Å². The number of nitrogens with zero attached hydrogens (tertiary/aromatic N) is 1. The van der Waals surface area contributed by atoms with Gasteiger partial charge in [-0.1, -0.05) is 18.2 Å². The highest BCUT2D eigenvalue weighted by Crippen LogP contribution is 2.18. The molecular weight excluding hydrogens is 162 g/mol. The van der Waals surface area contributed by atoms with E-state index in [0.29, 0.717) is 6.42 Å². The molecule has 0 aliphatic carbocycles. The topological polar surface area (TPSA) is 20.3 Å². The molecule has 1 amide bonds. The lowest BCUT2D eigenvalue weighted by molar-refractivity contribution is -0.130. The number of amides is 1. The third-order valence-corrected chi connectivity index (χ3v) is 2.42. The Kier molecular flexibility index (Phi) is 3.74. The zero-order chi connectivity index (χ0) is 9.68. The van der Waals surface area contributed by atoms with E-state index in [-0.39, 0.29) is 11.9 Å². The highest BCUT2D eigenvalue weighted by atomic mass is 16.2. The minimum atomic E-state index is 0.223. The highest BCUT2D eigenvalue weighted by Gasteiger charge is 2.24. The lowest BCUT2D eigenvalue weighted by Crippen LogP contribution is -2.33. The second-order valence-corrected chi connectivity index (χ2v) is 3.31. The Balaban J connectivity index is 2.49. The van der Waals surface area contributed by atoms with E-state index < -0.39 is 0 Å². The first-order chi connectivity index (χ1) is 6.29. The predicted octanol–water partition coefficient (Wildman–Crippen LogP) is 2.13. The van der Waals surface area contributed by atoms with E-state index in [1.165, 1.54) is 0 Å². The first kappa shape index (κ1) is 10.0. The SMILES string of the molecule is C=C[C@@H]1CCCN1C(=O)C/C=C/C. The number of likely N-dealkylation sites (tertiary alicyclic amines) is 1. The lowest BCUT2D eigenvalue weighted by Gasteiger charge is -2.21. The van der Waals surface area contributed by atoms with E-state index in [1.807, 2.05) is 30.1 Å². The molecule has 0 spiro atoms. The summed E-state index contributed by atoms with van der Waals surface area (Å²) in [5, 5.41) is 0. The van der Waals surface area contributed by atoms with Crippen LogP contribution < -0.4 is 0 Å². The molecule has 0 radical (unpaired) electrons. The number of carbonyl (C=O) groups excluding carboxylic acids is 1. The molecule has 13 heavy (non-hydrogen) atoms. The minimum Gasteiger partial charge on any atom is -0.336 e. The summed E-state index contributed by atoms with van der Waals surface area (Å²) in [7, 11) is 0. The maximum Gasteiger partial charge on any atom is 0.226 e. The summed E-state index contributed by atoms with van der Waals surface area (Å²) in [5.41, 5.74) is 0. The molecule has 0 saturated carbocycles. The van der Waals surface area contributed by atoms with Crippen molar-refractivity contribution in [2.24, 2.45) is 0 Å². The van der Waals surface area contributed by atoms with Crippen LogP contribution in [0.1, 0.15) is 26.2 Å². The molecule has 72 valence electrons. The molecule has 0 N–H and O–H groups in total. The highest BCUT2D eigenvalue weighted by molar-refractivity contribution is 5.78. The fourth-order valence-electron chi connectivity index (χ4n) is 1.68. The average molecular weight is 179 g/mol. The average Bonchev–Trinajstić information content (AvgIpc) is 2.61. The summed E-state index contributed by atoms with van der Waals surface area (Å²) < 4.78 is 0. The fourth-order valence-corrected chi connectivity index (χ4v) is 1.68. The van der Waals surface area contributed by atoms with Crippen LogP contribution in [0.5, 0.6) is 0 Å². The summed E-state index contributed by atoms with van der Waals surface area (Å²) in [6.07, 6.45) is 8.41. The number of hydrogen-bond donors (Lipinski definition) is 0. The molecule has 0 bridgehead atoms. The Hall–Kier alpha value is -1.05. The monoisotopic (exact) mass is 179 g/mol. The third-order valence-electron chi connectivity index (χ3n) is 2.42. The van der Waals surface area contributed by atoms with Gasteiger partial charge in [0.2, 0.25) is 5.91 Å². The maximum atomic E-state index is 11.6. The van der Waals surface area contributed by atoms with Crippen molar-refractivity contribution in [2.45, 2.75) is 32.2 Å². The molecule has 2 nitrogen and oxygen atoms in total. The molecule has 1 atom stereocenters. The third kappa shape index (κ3) is 2.44. The number of carbonyl (C=O) groups is 1. The van der Waals surface area contributed by atoms with Gasteiger partial charge in [0.15, 0.2) is 0 Å². The standard InChI is InChI=1S/C11H17NO/c1-3-5-8-11(13)12-9-6-7-10(12)4-2/h3-5,10H,2,6-9H2,1H3/b5-3+/t10-/m1/s1. The van der Waals surface area contributed by atoms with Crippen LogP contribution >= 0.6 is 0 Å². The lowest BCUT2D eigenvalue weighted by atomic mass is 10.2. The second-order valence-electron chi connectivity index (χ2n) is 3.31. The van der Waals surface area contributed by atoms with Crippen molar-refractivity contribution in [2.75, 3.05) is 6.54 Å². The van der Waals surface area contributed by atoms with Crippen LogP contribution in [0.15, 0.2) is 24.8 Å². The summed E-state index contributed by atoms with van der Waals surface area (Å²) in [6.45, 7) is 6.57.